The summed E-state index contributed by atoms with van der Waals surface area (Å²) in [4.78, 5) is 15.7. The van der Waals surface area contributed by atoms with Gasteiger partial charge in [-0.25, -0.2) is 0 Å². The topological polar surface area (TPSA) is 65.8 Å². The standard InChI is InChI=1S/C13H15N3O/c14-9-11-5-6-15-12(8-11)13(17)16-7-4-10-2-1-3-10/h5-6,8,10H,1-4,7H2,(H,16,17). The van der Waals surface area contributed by atoms with Gasteiger partial charge in [-0.1, -0.05) is 19.3 Å². The van der Waals surface area contributed by atoms with Crippen LogP contribution in [0.1, 0.15) is 41.7 Å². The van der Waals surface area contributed by atoms with Crippen LogP contribution in [-0.4, -0.2) is 17.4 Å². The lowest BCUT2D eigenvalue weighted by molar-refractivity contribution is 0.0944. The maximum atomic E-state index is 11.7. The summed E-state index contributed by atoms with van der Waals surface area (Å²) in [5.74, 6) is 0.593. The molecule has 0 atom stereocenters. The molecule has 0 aromatic carbocycles. The number of rotatable bonds is 4. The van der Waals surface area contributed by atoms with E-state index in [0.717, 1.165) is 12.3 Å². The molecular weight excluding hydrogens is 214 g/mol. The summed E-state index contributed by atoms with van der Waals surface area (Å²) in [6.45, 7) is 0.696. The van der Waals surface area contributed by atoms with Crippen molar-refractivity contribution in [2.24, 2.45) is 5.92 Å². The minimum Gasteiger partial charge on any atom is -0.351 e. The average molecular weight is 229 g/mol. The van der Waals surface area contributed by atoms with E-state index < -0.39 is 0 Å². The number of carbonyl (C=O) groups excluding carboxylic acids is 1. The smallest absolute Gasteiger partial charge is 0.269 e. The molecule has 17 heavy (non-hydrogen) atoms. The van der Waals surface area contributed by atoms with Crippen molar-refractivity contribution in [3.05, 3.63) is 29.6 Å². The maximum Gasteiger partial charge on any atom is 0.269 e. The predicted octanol–water partition coefficient (Wildman–Crippen LogP) is 1.87. The Morgan fingerprint density at radius 3 is 3.06 bits per heavy atom. The zero-order valence-corrected chi connectivity index (χ0v) is 9.65. The lowest BCUT2D eigenvalue weighted by Gasteiger charge is -2.25. The zero-order chi connectivity index (χ0) is 12.1. The number of pyridine rings is 1. The molecular formula is C13H15N3O. The molecule has 1 saturated carbocycles. The number of nitrogens with one attached hydrogen (secondary N) is 1. The Hall–Kier alpha value is -1.89. The van der Waals surface area contributed by atoms with E-state index in [1.165, 1.54) is 31.5 Å². The SMILES string of the molecule is N#Cc1ccnc(C(=O)NCCC2CCC2)c1. The van der Waals surface area contributed by atoms with Crippen molar-refractivity contribution in [1.29, 1.82) is 5.26 Å². The van der Waals surface area contributed by atoms with Crippen molar-refractivity contribution >= 4 is 5.91 Å². The van der Waals surface area contributed by atoms with Gasteiger partial charge in [0.1, 0.15) is 5.69 Å². The Balaban J connectivity index is 1.83. The quantitative estimate of drug-likeness (QED) is 0.857. The molecule has 1 amide bonds. The third-order valence-electron chi connectivity index (χ3n) is 3.18. The van der Waals surface area contributed by atoms with Crippen LogP contribution in [0.2, 0.25) is 0 Å². The molecule has 1 aromatic rings. The second kappa shape index (κ2) is 5.44. The van der Waals surface area contributed by atoms with Crippen LogP contribution < -0.4 is 5.32 Å². The van der Waals surface area contributed by atoms with Crippen molar-refractivity contribution in [3.63, 3.8) is 0 Å². The van der Waals surface area contributed by atoms with Crippen LogP contribution in [0.3, 0.4) is 0 Å². The molecule has 1 aliphatic carbocycles. The van der Waals surface area contributed by atoms with Crippen LogP contribution in [0, 0.1) is 17.2 Å². The van der Waals surface area contributed by atoms with Crippen molar-refractivity contribution in [2.75, 3.05) is 6.54 Å². The molecule has 1 fully saturated rings. The van der Waals surface area contributed by atoms with E-state index >= 15 is 0 Å². The highest BCUT2D eigenvalue weighted by Crippen LogP contribution is 2.28. The van der Waals surface area contributed by atoms with E-state index in [1.807, 2.05) is 6.07 Å². The molecule has 1 aliphatic rings. The molecule has 0 radical (unpaired) electrons. The van der Waals surface area contributed by atoms with Gasteiger partial charge < -0.3 is 5.32 Å². The van der Waals surface area contributed by atoms with E-state index in [0.29, 0.717) is 17.8 Å². The van der Waals surface area contributed by atoms with Gasteiger partial charge in [0.2, 0.25) is 0 Å². The van der Waals surface area contributed by atoms with Gasteiger partial charge in [-0.05, 0) is 24.5 Å². The fraction of sp³-hybridized carbons (Fsp3) is 0.462. The molecule has 0 aliphatic heterocycles. The number of carbonyl (C=O) groups is 1. The number of aromatic nitrogens is 1. The summed E-state index contributed by atoms with van der Waals surface area (Å²) in [5, 5.41) is 11.6. The van der Waals surface area contributed by atoms with Gasteiger partial charge in [-0.15, -0.1) is 0 Å². The maximum absolute atomic E-state index is 11.7. The Morgan fingerprint density at radius 1 is 1.59 bits per heavy atom. The van der Waals surface area contributed by atoms with Crippen molar-refractivity contribution in [3.8, 4) is 6.07 Å². The number of nitriles is 1. The summed E-state index contributed by atoms with van der Waals surface area (Å²) >= 11 is 0. The third kappa shape index (κ3) is 3.04. The van der Waals surface area contributed by atoms with E-state index in [9.17, 15) is 4.79 Å². The third-order valence-corrected chi connectivity index (χ3v) is 3.18. The molecule has 0 bridgehead atoms. The number of hydrogen-bond donors (Lipinski definition) is 1. The first-order chi connectivity index (χ1) is 8.29. The molecule has 88 valence electrons. The molecule has 0 unspecified atom stereocenters. The molecule has 4 heteroatoms. The van der Waals surface area contributed by atoms with E-state index in [4.69, 9.17) is 5.26 Å². The minimum atomic E-state index is -0.193. The van der Waals surface area contributed by atoms with Crippen LogP contribution in [0.15, 0.2) is 18.3 Å². The summed E-state index contributed by atoms with van der Waals surface area (Å²) in [7, 11) is 0. The first-order valence-electron chi connectivity index (χ1n) is 5.94. The molecule has 2 rings (SSSR count). The van der Waals surface area contributed by atoms with E-state index in [1.54, 1.807) is 6.07 Å². The lowest BCUT2D eigenvalue weighted by atomic mass is 9.83. The van der Waals surface area contributed by atoms with Crippen LogP contribution in [0.4, 0.5) is 0 Å². The fourth-order valence-electron chi connectivity index (χ4n) is 1.89. The van der Waals surface area contributed by atoms with Gasteiger partial charge in [0.15, 0.2) is 0 Å². The second-order valence-corrected chi connectivity index (χ2v) is 4.38. The lowest BCUT2D eigenvalue weighted by Crippen LogP contribution is -2.28. The summed E-state index contributed by atoms with van der Waals surface area (Å²) in [5.41, 5.74) is 0.779. The number of nitrogens with zero attached hydrogens (tertiary/aromatic N) is 2. The zero-order valence-electron chi connectivity index (χ0n) is 9.65. The Morgan fingerprint density at radius 2 is 2.41 bits per heavy atom. The van der Waals surface area contributed by atoms with Gasteiger partial charge in [-0.2, -0.15) is 5.26 Å². The van der Waals surface area contributed by atoms with Crippen molar-refractivity contribution < 1.29 is 4.79 Å². The van der Waals surface area contributed by atoms with Crippen LogP contribution in [0.25, 0.3) is 0 Å². The molecule has 1 aromatic heterocycles. The van der Waals surface area contributed by atoms with E-state index in [-0.39, 0.29) is 5.91 Å². The molecule has 0 saturated heterocycles. The summed E-state index contributed by atoms with van der Waals surface area (Å²) < 4.78 is 0. The molecule has 4 nitrogen and oxygen atoms in total. The molecule has 1 heterocycles. The van der Waals surface area contributed by atoms with Gasteiger partial charge >= 0.3 is 0 Å². The highest BCUT2D eigenvalue weighted by atomic mass is 16.1. The molecule has 1 N–H and O–H groups in total. The van der Waals surface area contributed by atoms with Gasteiger partial charge in [-0.3, -0.25) is 9.78 Å². The average Bonchev–Trinajstić information content (AvgIpc) is 2.32. The van der Waals surface area contributed by atoms with Crippen LogP contribution >= 0.6 is 0 Å². The summed E-state index contributed by atoms with van der Waals surface area (Å²) in [6, 6.07) is 5.10. The minimum absolute atomic E-state index is 0.193. The predicted molar refractivity (Wildman–Crippen MR) is 63.2 cm³/mol. The largest absolute Gasteiger partial charge is 0.351 e. The van der Waals surface area contributed by atoms with Gasteiger partial charge in [0.25, 0.3) is 5.91 Å². The highest BCUT2D eigenvalue weighted by Gasteiger charge is 2.17. The van der Waals surface area contributed by atoms with Crippen LogP contribution in [-0.2, 0) is 0 Å². The second-order valence-electron chi connectivity index (χ2n) is 4.38. The Kier molecular flexibility index (Phi) is 3.71. The monoisotopic (exact) mass is 229 g/mol. The van der Waals surface area contributed by atoms with Crippen LogP contribution in [0.5, 0.6) is 0 Å². The first-order valence-corrected chi connectivity index (χ1v) is 5.94. The highest BCUT2D eigenvalue weighted by molar-refractivity contribution is 5.92. The van der Waals surface area contributed by atoms with Crippen molar-refractivity contribution in [2.45, 2.75) is 25.7 Å². The number of hydrogen-bond acceptors (Lipinski definition) is 3. The van der Waals surface area contributed by atoms with Gasteiger partial charge in [0, 0.05) is 12.7 Å². The normalized spacial score (nSPS) is 14.8. The van der Waals surface area contributed by atoms with Gasteiger partial charge in [0.05, 0.1) is 11.6 Å². The number of amides is 1. The van der Waals surface area contributed by atoms with E-state index in [2.05, 4.69) is 10.3 Å². The molecule has 0 spiro atoms. The Labute approximate surface area is 101 Å². The first kappa shape index (κ1) is 11.6. The Bertz CT molecular complexity index is 446. The fourth-order valence-corrected chi connectivity index (χ4v) is 1.89. The van der Waals surface area contributed by atoms with Crippen molar-refractivity contribution in [1.82, 2.24) is 10.3 Å². The summed E-state index contributed by atoms with van der Waals surface area (Å²) in [6.07, 6.45) is 6.43.